The molecule has 2 aliphatic rings. The lowest BCUT2D eigenvalue weighted by molar-refractivity contribution is -0.160. The highest BCUT2D eigenvalue weighted by atomic mass is 32.2. The normalized spacial score (nSPS) is 26.8. The molecule has 8 heteroatoms. The van der Waals surface area contributed by atoms with E-state index in [1.165, 1.54) is 16.7 Å². The number of aliphatic carboxylic acids is 1. The van der Waals surface area contributed by atoms with E-state index in [4.69, 9.17) is 5.73 Å². The zero-order valence-electron chi connectivity index (χ0n) is 12.9. The molecule has 4 N–H and O–H groups in total. The van der Waals surface area contributed by atoms with E-state index in [0.717, 1.165) is 0 Å². The minimum Gasteiger partial charge on any atom is -0.479 e. The number of carboxylic acid groups (broad SMARTS) is 1. The molecule has 4 atom stereocenters. The van der Waals surface area contributed by atoms with Crippen molar-refractivity contribution >= 4 is 29.5 Å². The Bertz CT molecular complexity index is 721. The Hall–Kier alpha value is -2.32. The Morgan fingerprint density at radius 2 is 2.00 bits per heavy atom. The number of hydrogen-bond acceptors (Lipinski definition) is 5. The fourth-order valence-electron chi connectivity index (χ4n) is 2.87. The number of carbonyl (C=O) groups excluding carboxylic acids is 2. The SMILES string of the molecule is CC1=CS[C@@H]2[C@@H](NC(=O)C(N)c3ccccc3)C(=O)N2C1C(=O)O. The first-order valence-corrected chi connectivity index (χ1v) is 8.34. The maximum absolute atomic E-state index is 12.3. The minimum atomic E-state index is -1.08. The van der Waals surface area contributed by atoms with E-state index in [-0.39, 0.29) is 0 Å². The van der Waals surface area contributed by atoms with Crippen molar-refractivity contribution in [1.82, 2.24) is 10.2 Å². The van der Waals surface area contributed by atoms with E-state index < -0.39 is 41.3 Å². The van der Waals surface area contributed by atoms with E-state index in [9.17, 15) is 19.5 Å². The zero-order valence-corrected chi connectivity index (χ0v) is 13.7. The first kappa shape index (κ1) is 16.5. The summed E-state index contributed by atoms with van der Waals surface area (Å²) in [6.07, 6.45) is 0. The van der Waals surface area contributed by atoms with Crippen LogP contribution in [0, 0.1) is 0 Å². The van der Waals surface area contributed by atoms with Crippen molar-refractivity contribution in [2.24, 2.45) is 5.73 Å². The highest BCUT2D eigenvalue weighted by Gasteiger charge is 2.55. The van der Waals surface area contributed by atoms with Crippen molar-refractivity contribution in [3.8, 4) is 0 Å². The smallest absolute Gasteiger partial charge is 0.330 e. The Morgan fingerprint density at radius 1 is 1.33 bits per heavy atom. The van der Waals surface area contributed by atoms with Gasteiger partial charge in [0.2, 0.25) is 11.8 Å². The van der Waals surface area contributed by atoms with Gasteiger partial charge in [-0.3, -0.25) is 9.59 Å². The van der Waals surface area contributed by atoms with Crippen LogP contribution in [0.25, 0.3) is 0 Å². The van der Waals surface area contributed by atoms with Crippen LogP contribution in [0.15, 0.2) is 41.3 Å². The van der Waals surface area contributed by atoms with Crippen molar-refractivity contribution in [1.29, 1.82) is 0 Å². The average molecular weight is 347 g/mol. The van der Waals surface area contributed by atoms with Crippen LogP contribution < -0.4 is 11.1 Å². The first-order valence-electron chi connectivity index (χ1n) is 7.40. The van der Waals surface area contributed by atoms with Crippen LogP contribution in [0.2, 0.25) is 0 Å². The van der Waals surface area contributed by atoms with Gasteiger partial charge in [0.05, 0.1) is 0 Å². The van der Waals surface area contributed by atoms with Crippen LogP contribution in [0.4, 0.5) is 0 Å². The maximum Gasteiger partial charge on any atom is 0.330 e. The van der Waals surface area contributed by atoms with Gasteiger partial charge in [-0.2, -0.15) is 0 Å². The van der Waals surface area contributed by atoms with Gasteiger partial charge in [0, 0.05) is 0 Å². The third kappa shape index (κ3) is 2.67. The average Bonchev–Trinajstić information content (AvgIpc) is 2.59. The number of nitrogens with zero attached hydrogens (tertiary/aromatic N) is 1. The molecule has 0 aliphatic carbocycles. The summed E-state index contributed by atoms with van der Waals surface area (Å²) in [6, 6.07) is 6.24. The molecule has 0 saturated carbocycles. The summed E-state index contributed by atoms with van der Waals surface area (Å²) in [5.74, 6) is -1.94. The molecule has 3 rings (SSSR count). The van der Waals surface area contributed by atoms with Gasteiger partial charge in [0.15, 0.2) is 6.04 Å². The number of nitrogens with one attached hydrogen (secondary N) is 1. The quantitative estimate of drug-likeness (QED) is 0.682. The number of thioether (sulfide) groups is 1. The Labute approximate surface area is 142 Å². The molecule has 2 amide bonds. The molecule has 1 saturated heterocycles. The molecule has 2 unspecified atom stereocenters. The summed E-state index contributed by atoms with van der Waals surface area (Å²) in [4.78, 5) is 37.3. The highest BCUT2D eigenvalue weighted by Crippen LogP contribution is 2.39. The molecule has 0 spiro atoms. The van der Waals surface area contributed by atoms with E-state index in [1.807, 2.05) is 6.07 Å². The third-order valence-electron chi connectivity index (χ3n) is 4.16. The summed E-state index contributed by atoms with van der Waals surface area (Å²) in [6.45, 7) is 1.67. The maximum atomic E-state index is 12.3. The van der Waals surface area contributed by atoms with Crippen LogP contribution in [0.3, 0.4) is 0 Å². The predicted octanol–water partition coefficient (Wildman–Crippen LogP) is 0.443. The van der Waals surface area contributed by atoms with Gasteiger partial charge in [-0.15, -0.1) is 11.8 Å². The number of rotatable bonds is 4. The summed E-state index contributed by atoms with van der Waals surface area (Å²) in [7, 11) is 0. The Morgan fingerprint density at radius 3 is 2.62 bits per heavy atom. The number of fused-ring (bicyclic) bond motifs is 1. The molecule has 2 aliphatic heterocycles. The molecule has 1 fully saturated rings. The van der Waals surface area contributed by atoms with Crippen molar-refractivity contribution in [2.75, 3.05) is 0 Å². The second-order valence-electron chi connectivity index (χ2n) is 5.75. The lowest BCUT2D eigenvalue weighted by atomic mass is 9.98. The third-order valence-corrected chi connectivity index (χ3v) is 5.44. The molecule has 1 aromatic rings. The van der Waals surface area contributed by atoms with Crippen molar-refractivity contribution in [2.45, 2.75) is 30.4 Å². The van der Waals surface area contributed by atoms with Crippen LogP contribution in [-0.4, -0.2) is 45.2 Å². The first-order chi connectivity index (χ1) is 11.4. The van der Waals surface area contributed by atoms with Crippen LogP contribution in [-0.2, 0) is 14.4 Å². The van der Waals surface area contributed by atoms with Gasteiger partial charge >= 0.3 is 5.97 Å². The number of carbonyl (C=O) groups is 3. The highest BCUT2D eigenvalue weighted by molar-refractivity contribution is 8.02. The van der Waals surface area contributed by atoms with Gasteiger partial charge in [-0.05, 0) is 23.5 Å². The summed E-state index contributed by atoms with van der Waals surface area (Å²) >= 11 is 1.33. The van der Waals surface area contributed by atoms with E-state index in [1.54, 1.807) is 36.6 Å². The standard InChI is InChI=1S/C16H17N3O4S/c1-8-7-24-15-11(14(21)19(15)12(8)16(22)23)18-13(20)10(17)9-5-3-2-4-6-9/h2-7,10-12,15H,17H2,1H3,(H,18,20)(H,22,23)/t10?,11-,12?,15+/m0/s1. The number of benzene rings is 1. The monoisotopic (exact) mass is 347 g/mol. The lowest BCUT2D eigenvalue weighted by Gasteiger charge is -2.51. The largest absolute Gasteiger partial charge is 0.479 e. The topological polar surface area (TPSA) is 113 Å². The van der Waals surface area contributed by atoms with Gasteiger partial charge in [0.25, 0.3) is 0 Å². The molecule has 0 bridgehead atoms. The van der Waals surface area contributed by atoms with Crippen molar-refractivity contribution in [3.63, 3.8) is 0 Å². The Balaban J connectivity index is 1.71. The molecular weight excluding hydrogens is 330 g/mol. The van der Waals surface area contributed by atoms with Gasteiger partial charge in [-0.1, -0.05) is 30.3 Å². The summed E-state index contributed by atoms with van der Waals surface area (Å²) < 4.78 is 0. The zero-order chi connectivity index (χ0) is 17.4. The number of nitrogens with two attached hydrogens (primary N) is 1. The van der Waals surface area contributed by atoms with Crippen LogP contribution in [0.5, 0.6) is 0 Å². The number of amides is 2. The van der Waals surface area contributed by atoms with E-state index >= 15 is 0 Å². The van der Waals surface area contributed by atoms with E-state index in [2.05, 4.69) is 5.32 Å². The molecule has 7 nitrogen and oxygen atoms in total. The summed E-state index contributed by atoms with van der Waals surface area (Å²) in [5.41, 5.74) is 7.17. The van der Waals surface area contributed by atoms with Crippen LogP contribution in [0.1, 0.15) is 18.5 Å². The number of β-lactam (4-membered cyclic amide) rings is 1. The number of hydrogen-bond donors (Lipinski definition) is 3. The molecule has 126 valence electrons. The molecule has 0 aromatic heterocycles. The van der Waals surface area contributed by atoms with Crippen molar-refractivity contribution in [3.05, 3.63) is 46.9 Å². The minimum absolute atomic E-state index is 0.402. The van der Waals surface area contributed by atoms with Gasteiger partial charge in [-0.25, -0.2) is 4.79 Å². The molecule has 2 heterocycles. The summed E-state index contributed by atoms with van der Waals surface area (Å²) in [5, 5.41) is 13.2. The second-order valence-corrected chi connectivity index (χ2v) is 6.74. The van der Waals surface area contributed by atoms with E-state index in [0.29, 0.717) is 11.1 Å². The van der Waals surface area contributed by atoms with Crippen LogP contribution >= 0.6 is 11.8 Å². The fraction of sp³-hybridized carbons (Fsp3) is 0.312. The molecule has 0 radical (unpaired) electrons. The van der Waals surface area contributed by atoms with Crippen molar-refractivity contribution < 1.29 is 19.5 Å². The predicted molar refractivity (Wildman–Crippen MR) is 88.7 cm³/mol. The van der Waals surface area contributed by atoms with Gasteiger partial charge in [0.1, 0.15) is 17.5 Å². The lowest BCUT2D eigenvalue weighted by Crippen LogP contribution is -2.74. The van der Waals surface area contributed by atoms with Gasteiger partial charge < -0.3 is 21.1 Å². The molecule has 1 aromatic carbocycles. The second kappa shape index (κ2) is 6.29. The number of carboxylic acids is 1. The molecule has 24 heavy (non-hydrogen) atoms. The molecular formula is C16H17N3O4S. The Kier molecular flexibility index (Phi) is 4.33. The fourth-order valence-corrected chi connectivity index (χ4v) is 4.05.